The number of carbonyl (C=O) groups excluding carboxylic acids is 1. The fourth-order valence-electron chi connectivity index (χ4n) is 3.76. The summed E-state index contributed by atoms with van der Waals surface area (Å²) in [5, 5.41) is 19.0. The highest BCUT2D eigenvalue weighted by atomic mass is 19.4. The molecule has 0 fully saturated rings. The highest BCUT2D eigenvalue weighted by Crippen LogP contribution is 2.32. The molecule has 0 saturated heterocycles. The average Bonchev–Trinajstić information content (AvgIpc) is 3.63. The Kier molecular flexibility index (Phi) is 7.42. The van der Waals surface area contributed by atoms with Gasteiger partial charge in [-0.1, -0.05) is 18.2 Å². The van der Waals surface area contributed by atoms with E-state index in [1.54, 1.807) is 29.4 Å². The van der Waals surface area contributed by atoms with Gasteiger partial charge in [0.25, 0.3) is 5.91 Å². The maximum atomic E-state index is 13.2. The number of carboxylic acid groups (broad SMARTS) is 1. The van der Waals surface area contributed by atoms with Crippen LogP contribution in [-0.2, 0) is 11.3 Å². The maximum Gasteiger partial charge on any atom is 0.490 e. The molecule has 1 aromatic carbocycles. The molecular weight excluding hydrogens is 529 g/mol. The van der Waals surface area contributed by atoms with Crippen molar-refractivity contribution in [3.8, 4) is 22.6 Å². The Bertz CT molecular complexity index is 1510. The van der Waals surface area contributed by atoms with E-state index in [2.05, 4.69) is 20.3 Å². The van der Waals surface area contributed by atoms with E-state index in [0.29, 0.717) is 45.3 Å². The third kappa shape index (κ3) is 5.76. The first-order chi connectivity index (χ1) is 18.4. The molecule has 15 heteroatoms. The van der Waals surface area contributed by atoms with Gasteiger partial charge >= 0.3 is 18.7 Å². The number of pyridine rings is 1. The first-order valence-corrected chi connectivity index (χ1v) is 11.3. The molecule has 0 radical (unpaired) electrons. The summed E-state index contributed by atoms with van der Waals surface area (Å²) in [6, 6.07) is 11.0. The van der Waals surface area contributed by atoms with E-state index in [9.17, 15) is 26.7 Å². The lowest BCUT2D eigenvalue weighted by Gasteiger charge is -2.16. The molecule has 0 spiro atoms. The fourth-order valence-corrected chi connectivity index (χ4v) is 3.76. The maximum absolute atomic E-state index is 13.2. The molecule has 0 bridgehead atoms. The van der Waals surface area contributed by atoms with Crippen molar-refractivity contribution in [3.63, 3.8) is 0 Å². The number of benzene rings is 1. The highest BCUT2D eigenvalue weighted by molar-refractivity contribution is 6.10. The number of nitrogens with zero attached hydrogens (tertiary/aromatic N) is 7. The molecule has 0 unspecified atom stereocenters. The van der Waals surface area contributed by atoms with E-state index in [0.717, 1.165) is 5.56 Å². The smallest absolute Gasteiger partial charge is 0.475 e. The van der Waals surface area contributed by atoms with Gasteiger partial charge in [-0.15, -0.1) is 10.2 Å². The fraction of sp³-hybridized carbons (Fsp3) is 0.250. The summed E-state index contributed by atoms with van der Waals surface area (Å²) >= 11 is 0. The van der Waals surface area contributed by atoms with Crippen molar-refractivity contribution >= 4 is 17.7 Å². The molecule has 1 aliphatic rings. The average molecular weight is 549 g/mol. The summed E-state index contributed by atoms with van der Waals surface area (Å²) in [5.74, 6) is -1.82. The minimum atomic E-state index is -5.08. The lowest BCUT2D eigenvalue weighted by atomic mass is 10.0. The summed E-state index contributed by atoms with van der Waals surface area (Å²) in [6.45, 7) is 1.72. The number of rotatable bonds is 5. The summed E-state index contributed by atoms with van der Waals surface area (Å²) in [4.78, 5) is 28.3. The predicted molar refractivity (Wildman–Crippen MR) is 127 cm³/mol. The van der Waals surface area contributed by atoms with Gasteiger partial charge in [-0.2, -0.15) is 27.1 Å². The van der Waals surface area contributed by atoms with Crippen molar-refractivity contribution in [2.45, 2.75) is 39.2 Å². The van der Waals surface area contributed by atoms with E-state index in [-0.39, 0.29) is 11.9 Å². The Labute approximate surface area is 217 Å². The lowest BCUT2D eigenvalue weighted by molar-refractivity contribution is -0.192. The van der Waals surface area contributed by atoms with Crippen LogP contribution in [0.3, 0.4) is 0 Å². The van der Waals surface area contributed by atoms with Crippen LogP contribution in [0.5, 0.6) is 0 Å². The second-order valence-corrected chi connectivity index (χ2v) is 8.59. The topological polar surface area (TPSA) is 119 Å². The van der Waals surface area contributed by atoms with Crippen LogP contribution in [0.25, 0.3) is 22.6 Å². The van der Waals surface area contributed by atoms with Crippen LogP contribution in [0.2, 0.25) is 0 Å². The number of amides is 1. The number of fused-ring (bicyclic) bond motifs is 1. The second-order valence-electron chi connectivity index (χ2n) is 8.59. The Balaban J connectivity index is 0.000000448. The van der Waals surface area contributed by atoms with Crippen molar-refractivity contribution < 1.29 is 36.6 Å². The molecular formula is C24H20F5N7O3. The van der Waals surface area contributed by atoms with Crippen molar-refractivity contribution in [2.75, 3.05) is 4.90 Å². The molecule has 5 rings (SSSR count). The molecule has 3 aromatic heterocycles. The molecule has 0 atom stereocenters. The zero-order valence-corrected chi connectivity index (χ0v) is 20.3. The third-order valence-corrected chi connectivity index (χ3v) is 5.66. The van der Waals surface area contributed by atoms with E-state index in [1.807, 2.05) is 36.6 Å². The van der Waals surface area contributed by atoms with Crippen LogP contribution >= 0.6 is 0 Å². The molecule has 10 nitrogen and oxygen atoms in total. The first kappa shape index (κ1) is 27.3. The largest absolute Gasteiger partial charge is 0.490 e. The number of alkyl halides is 5. The van der Waals surface area contributed by atoms with Crippen LogP contribution in [0.15, 0.2) is 55.1 Å². The third-order valence-electron chi connectivity index (χ3n) is 5.66. The van der Waals surface area contributed by atoms with Gasteiger partial charge in [0, 0.05) is 23.4 Å². The number of carboxylic acids is 1. The number of aliphatic carboxylic acids is 1. The van der Waals surface area contributed by atoms with Gasteiger partial charge in [0.05, 0.1) is 12.7 Å². The van der Waals surface area contributed by atoms with Gasteiger partial charge in [-0.05, 0) is 43.2 Å². The Morgan fingerprint density at radius 3 is 2.44 bits per heavy atom. The molecule has 4 aromatic rings. The van der Waals surface area contributed by atoms with E-state index < -0.39 is 18.7 Å². The molecule has 1 amide bonds. The van der Waals surface area contributed by atoms with Crippen LogP contribution < -0.4 is 4.90 Å². The quantitative estimate of drug-likeness (QED) is 0.349. The molecule has 39 heavy (non-hydrogen) atoms. The molecule has 204 valence electrons. The molecule has 4 heterocycles. The predicted octanol–water partition coefficient (Wildman–Crippen LogP) is 4.97. The van der Waals surface area contributed by atoms with E-state index in [1.165, 1.54) is 12.4 Å². The van der Waals surface area contributed by atoms with Crippen LogP contribution in [0, 0.1) is 0 Å². The summed E-state index contributed by atoms with van der Waals surface area (Å²) in [5.41, 5.74) is 3.16. The van der Waals surface area contributed by atoms with Gasteiger partial charge in [-0.3, -0.25) is 9.69 Å². The van der Waals surface area contributed by atoms with Gasteiger partial charge in [0.2, 0.25) is 0 Å². The lowest BCUT2D eigenvalue weighted by Crippen LogP contribution is -2.24. The first-order valence-electron chi connectivity index (χ1n) is 11.3. The number of aromatic nitrogens is 6. The Hall–Kier alpha value is -4.69. The normalized spacial score (nSPS) is 13.1. The van der Waals surface area contributed by atoms with Crippen molar-refractivity contribution in [2.24, 2.45) is 0 Å². The standard InChI is InChI=1S/C22H19F2N7O.C2HF3O2/c1-13(2)30-12-25-28-20(30)18-4-3-5-19(27-18)29-10-15-7-6-14(8-17(15)21(29)32)16-9-26-31(11-16)22(23)24;3-2(4,5)1(6)7/h3-9,11-13,22H,10H2,1-2H3;(H,6,7). The number of hydrogen-bond donors (Lipinski definition) is 1. The van der Waals surface area contributed by atoms with E-state index in [4.69, 9.17) is 9.90 Å². The van der Waals surface area contributed by atoms with Crippen LogP contribution in [-0.4, -0.2) is 52.7 Å². The number of carbonyl (C=O) groups is 2. The molecule has 1 N–H and O–H groups in total. The minimum absolute atomic E-state index is 0.163. The Morgan fingerprint density at radius 2 is 1.82 bits per heavy atom. The van der Waals surface area contributed by atoms with Gasteiger partial charge < -0.3 is 9.67 Å². The van der Waals surface area contributed by atoms with Gasteiger partial charge in [-0.25, -0.2) is 14.5 Å². The zero-order valence-electron chi connectivity index (χ0n) is 20.3. The summed E-state index contributed by atoms with van der Waals surface area (Å²) in [7, 11) is 0. The highest BCUT2D eigenvalue weighted by Gasteiger charge is 2.38. The van der Waals surface area contributed by atoms with Crippen molar-refractivity contribution in [3.05, 3.63) is 66.2 Å². The van der Waals surface area contributed by atoms with Crippen molar-refractivity contribution in [1.82, 2.24) is 29.5 Å². The summed E-state index contributed by atoms with van der Waals surface area (Å²) < 4.78 is 59.9. The van der Waals surface area contributed by atoms with Crippen molar-refractivity contribution in [1.29, 1.82) is 0 Å². The molecule has 0 aliphatic carbocycles. The van der Waals surface area contributed by atoms with Crippen LogP contribution in [0.4, 0.5) is 27.8 Å². The molecule has 1 aliphatic heterocycles. The van der Waals surface area contributed by atoms with Gasteiger partial charge in [0.1, 0.15) is 17.8 Å². The summed E-state index contributed by atoms with van der Waals surface area (Å²) in [6.07, 6.45) is -0.802. The minimum Gasteiger partial charge on any atom is -0.475 e. The van der Waals surface area contributed by atoms with E-state index >= 15 is 0 Å². The molecule has 0 saturated carbocycles. The number of hydrogen-bond acceptors (Lipinski definition) is 6. The van der Waals surface area contributed by atoms with Crippen LogP contribution in [0.1, 0.15) is 42.4 Å². The Morgan fingerprint density at radius 1 is 1.10 bits per heavy atom. The SMILES string of the molecule is CC(C)n1cnnc1-c1cccc(N2Cc3ccc(-c4cnn(C(F)F)c4)cc3C2=O)n1.O=C(O)C(F)(F)F. The number of anilines is 1. The monoisotopic (exact) mass is 549 g/mol. The van der Waals surface area contributed by atoms with Gasteiger partial charge in [0.15, 0.2) is 5.82 Å². The zero-order chi connectivity index (χ0) is 28.5. The number of halogens is 5. The second kappa shape index (κ2) is 10.6.